The third-order valence-corrected chi connectivity index (χ3v) is 3.46. The number of aromatic nitrogens is 2. The van der Waals surface area contributed by atoms with Crippen LogP contribution in [0.15, 0.2) is 60.9 Å². The summed E-state index contributed by atoms with van der Waals surface area (Å²) < 4.78 is 0. The molecule has 3 rings (SSSR count). The molecule has 2 aromatic carbocycles. The van der Waals surface area contributed by atoms with E-state index in [-0.39, 0.29) is 11.6 Å². The van der Waals surface area contributed by atoms with Gasteiger partial charge in [-0.25, -0.2) is 9.97 Å². The number of nitrogens with zero attached hydrogens (tertiary/aromatic N) is 3. The van der Waals surface area contributed by atoms with Crippen molar-refractivity contribution in [2.75, 3.05) is 10.6 Å². The first-order valence-electron chi connectivity index (χ1n) is 7.61. The standard InChI is InChI=1S/C19H15N5O/c1-13-3-2-4-16(9-13)23-18-10-17(21-12-22-18)19(25)24-15-7-5-14(11-20)6-8-15/h2-10,12H,1H3,(H,24,25)(H,21,22,23). The van der Waals surface area contributed by atoms with Crippen molar-refractivity contribution in [3.8, 4) is 6.07 Å². The van der Waals surface area contributed by atoms with Gasteiger partial charge in [-0.3, -0.25) is 4.79 Å². The van der Waals surface area contributed by atoms with Crippen LogP contribution in [0.25, 0.3) is 0 Å². The van der Waals surface area contributed by atoms with E-state index in [0.717, 1.165) is 11.3 Å². The van der Waals surface area contributed by atoms with E-state index < -0.39 is 0 Å². The maximum Gasteiger partial charge on any atom is 0.274 e. The lowest BCUT2D eigenvalue weighted by Crippen LogP contribution is -2.14. The van der Waals surface area contributed by atoms with Crippen LogP contribution in [-0.2, 0) is 0 Å². The smallest absolute Gasteiger partial charge is 0.274 e. The molecule has 0 radical (unpaired) electrons. The zero-order chi connectivity index (χ0) is 17.6. The quantitative estimate of drug-likeness (QED) is 0.762. The SMILES string of the molecule is Cc1cccc(Nc2cc(C(=O)Nc3ccc(C#N)cc3)ncn2)c1. The third kappa shape index (κ3) is 4.18. The molecule has 0 aliphatic rings. The van der Waals surface area contributed by atoms with Gasteiger partial charge in [-0.05, 0) is 48.9 Å². The van der Waals surface area contributed by atoms with Crippen LogP contribution in [-0.4, -0.2) is 15.9 Å². The largest absolute Gasteiger partial charge is 0.340 e. The number of nitrogens with one attached hydrogen (secondary N) is 2. The van der Waals surface area contributed by atoms with Crippen LogP contribution in [0.3, 0.4) is 0 Å². The van der Waals surface area contributed by atoms with Gasteiger partial charge in [0.1, 0.15) is 17.8 Å². The van der Waals surface area contributed by atoms with Gasteiger partial charge in [0.15, 0.2) is 0 Å². The molecule has 0 unspecified atom stereocenters. The highest BCUT2D eigenvalue weighted by Gasteiger charge is 2.09. The van der Waals surface area contributed by atoms with Crippen molar-refractivity contribution in [3.05, 3.63) is 77.7 Å². The topological polar surface area (TPSA) is 90.7 Å². The van der Waals surface area contributed by atoms with Gasteiger partial charge < -0.3 is 10.6 Å². The van der Waals surface area contributed by atoms with Gasteiger partial charge in [0.2, 0.25) is 0 Å². The van der Waals surface area contributed by atoms with Gasteiger partial charge >= 0.3 is 0 Å². The molecule has 2 N–H and O–H groups in total. The fraction of sp³-hybridized carbons (Fsp3) is 0.0526. The molecule has 1 aromatic heterocycles. The maximum absolute atomic E-state index is 12.3. The Balaban J connectivity index is 1.73. The van der Waals surface area contributed by atoms with Crippen LogP contribution in [0.5, 0.6) is 0 Å². The van der Waals surface area contributed by atoms with Crippen molar-refractivity contribution in [1.29, 1.82) is 5.26 Å². The highest BCUT2D eigenvalue weighted by atomic mass is 16.1. The molecule has 0 bridgehead atoms. The molecule has 25 heavy (non-hydrogen) atoms. The molecule has 0 atom stereocenters. The summed E-state index contributed by atoms with van der Waals surface area (Å²) in [5.74, 6) is 0.185. The van der Waals surface area contributed by atoms with E-state index in [9.17, 15) is 4.79 Å². The monoisotopic (exact) mass is 329 g/mol. The zero-order valence-electron chi connectivity index (χ0n) is 13.5. The number of hydrogen-bond acceptors (Lipinski definition) is 5. The number of aryl methyl sites for hydroxylation is 1. The molecular formula is C19H15N5O. The second-order valence-corrected chi connectivity index (χ2v) is 5.43. The van der Waals surface area contributed by atoms with Crippen molar-refractivity contribution in [2.45, 2.75) is 6.92 Å². The molecule has 0 fully saturated rings. The minimum Gasteiger partial charge on any atom is -0.340 e. The van der Waals surface area contributed by atoms with E-state index in [1.165, 1.54) is 6.33 Å². The van der Waals surface area contributed by atoms with E-state index in [4.69, 9.17) is 5.26 Å². The van der Waals surface area contributed by atoms with Gasteiger partial charge in [-0.1, -0.05) is 12.1 Å². The van der Waals surface area contributed by atoms with E-state index in [2.05, 4.69) is 20.6 Å². The van der Waals surface area contributed by atoms with Crippen LogP contribution < -0.4 is 10.6 Å². The fourth-order valence-electron chi connectivity index (χ4n) is 2.24. The van der Waals surface area contributed by atoms with Crippen molar-refractivity contribution in [2.24, 2.45) is 0 Å². The van der Waals surface area contributed by atoms with Crippen molar-refractivity contribution >= 4 is 23.1 Å². The van der Waals surface area contributed by atoms with E-state index in [0.29, 0.717) is 17.1 Å². The average Bonchev–Trinajstić information content (AvgIpc) is 2.62. The van der Waals surface area contributed by atoms with Crippen molar-refractivity contribution in [3.63, 3.8) is 0 Å². The van der Waals surface area contributed by atoms with E-state index in [1.54, 1.807) is 30.3 Å². The summed E-state index contributed by atoms with van der Waals surface area (Å²) in [7, 11) is 0. The lowest BCUT2D eigenvalue weighted by atomic mass is 10.2. The first-order valence-corrected chi connectivity index (χ1v) is 7.61. The summed E-state index contributed by atoms with van der Waals surface area (Å²) in [6.07, 6.45) is 1.34. The lowest BCUT2D eigenvalue weighted by molar-refractivity contribution is 0.102. The lowest BCUT2D eigenvalue weighted by Gasteiger charge is -2.08. The van der Waals surface area contributed by atoms with Gasteiger partial charge in [-0.15, -0.1) is 0 Å². The number of carbonyl (C=O) groups excluding carboxylic acids is 1. The highest BCUT2D eigenvalue weighted by molar-refractivity contribution is 6.03. The molecule has 0 aliphatic heterocycles. The average molecular weight is 329 g/mol. The van der Waals surface area contributed by atoms with Gasteiger partial charge in [0.25, 0.3) is 5.91 Å². The molecule has 122 valence electrons. The Morgan fingerprint density at radius 1 is 1.04 bits per heavy atom. The number of amides is 1. The molecule has 0 spiro atoms. The van der Waals surface area contributed by atoms with Crippen LogP contribution >= 0.6 is 0 Å². The van der Waals surface area contributed by atoms with E-state index >= 15 is 0 Å². The Hall–Kier alpha value is -3.72. The van der Waals surface area contributed by atoms with Crippen LogP contribution in [0.4, 0.5) is 17.2 Å². The number of anilines is 3. The predicted molar refractivity (Wildman–Crippen MR) is 95.6 cm³/mol. The molecule has 6 nitrogen and oxygen atoms in total. The summed E-state index contributed by atoms with van der Waals surface area (Å²) in [4.78, 5) is 20.5. The summed E-state index contributed by atoms with van der Waals surface area (Å²) in [5, 5.41) is 14.7. The minimum absolute atomic E-state index is 0.245. The van der Waals surface area contributed by atoms with Crippen molar-refractivity contribution < 1.29 is 4.79 Å². The summed E-state index contributed by atoms with van der Waals surface area (Å²) in [5.41, 5.74) is 3.38. The number of nitriles is 1. The fourth-order valence-corrected chi connectivity index (χ4v) is 2.24. The Morgan fingerprint density at radius 2 is 1.84 bits per heavy atom. The molecule has 1 heterocycles. The molecule has 0 saturated carbocycles. The molecule has 0 aliphatic carbocycles. The first-order chi connectivity index (χ1) is 12.1. The summed E-state index contributed by atoms with van der Waals surface area (Å²) >= 11 is 0. The maximum atomic E-state index is 12.3. The number of carbonyl (C=O) groups is 1. The van der Waals surface area contributed by atoms with Gasteiger partial charge in [0, 0.05) is 17.4 Å². The number of rotatable bonds is 4. The first kappa shape index (κ1) is 16.1. The Kier molecular flexibility index (Phi) is 4.67. The van der Waals surface area contributed by atoms with Crippen LogP contribution in [0, 0.1) is 18.3 Å². The van der Waals surface area contributed by atoms with E-state index in [1.807, 2.05) is 37.3 Å². The van der Waals surface area contributed by atoms with Crippen LogP contribution in [0.2, 0.25) is 0 Å². The molecule has 0 saturated heterocycles. The summed E-state index contributed by atoms with van der Waals surface area (Å²) in [6, 6.07) is 18.1. The Bertz CT molecular complexity index is 945. The van der Waals surface area contributed by atoms with Crippen LogP contribution in [0.1, 0.15) is 21.6 Å². The second kappa shape index (κ2) is 7.23. The van der Waals surface area contributed by atoms with Crippen molar-refractivity contribution in [1.82, 2.24) is 9.97 Å². The number of hydrogen-bond donors (Lipinski definition) is 2. The third-order valence-electron chi connectivity index (χ3n) is 3.46. The predicted octanol–water partition coefficient (Wildman–Crippen LogP) is 3.65. The van der Waals surface area contributed by atoms with Gasteiger partial charge in [-0.2, -0.15) is 5.26 Å². The number of benzene rings is 2. The Morgan fingerprint density at radius 3 is 2.56 bits per heavy atom. The molecule has 6 heteroatoms. The second-order valence-electron chi connectivity index (χ2n) is 5.43. The normalized spacial score (nSPS) is 9.92. The minimum atomic E-state index is -0.348. The summed E-state index contributed by atoms with van der Waals surface area (Å²) in [6.45, 7) is 2.00. The highest BCUT2D eigenvalue weighted by Crippen LogP contribution is 2.16. The molecule has 3 aromatic rings. The van der Waals surface area contributed by atoms with Gasteiger partial charge in [0.05, 0.1) is 11.6 Å². The Labute approximate surface area is 145 Å². The molecular weight excluding hydrogens is 314 g/mol. The zero-order valence-corrected chi connectivity index (χ0v) is 13.5. The molecule has 1 amide bonds.